The second kappa shape index (κ2) is 3.70. The second-order valence-corrected chi connectivity index (χ2v) is 4.19. The number of aromatic hydroxyl groups is 1. The molecule has 1 unspecified atom stereocenters. The highest BCUT2D eigenvalue weighted by atomic mass is 16.5. The smallest absolute Gasteiger partial charge is 0.307 e. The Kier molecular flexibility index (Phi) is 2.50. The van der Waals surface area contributed by atoms with Crippen LogP contribution in [0.2, 0.25) is 0 Å². The van der Waals surface area contributed by atoms with Crippen LogP contribution in [0.5, 0.6) is 11.5 Å². The Morgan fingerprint density at radius 1 is 1.56 bits per heavy atom. The van der Waals surface area contributed by atoms with Gasteiger partial charge in [-0.25, -0.2) is 0 Å². The van der Waals surface area contributed by atoms with Gasteiger partial charge < -0.3 is 14.9 Å². The van der Waals surface area contributed by atoms with Gasteiger partial charge in [-0.05, 0) is 31.0 Å². The van der Waals surface area contributed by atoms with Gasteiger partial charge in [-0.2, -0.15) is 0 Å². The summed E-state index contributed by atoms with van der Waals surface area (Å²) >= 11 is 0. The molecule has 0 bridgehead atoms. The van der Waals surface area contributed by atoms with Crippen LogP contribution in [0.4, 0.5) is 0 Å². The molecule has 0 saturated heterocycles. The van der Waals surface area contributed by atoms with Crippen molar-refractivity contribution in [2.75, 3.05) is 0 Å². The summed E-state index contributed by atoms with van der Waals surface area (Å²) in [7, 11) is 0. The third-order valence-electron chi connectivity index (χ3n) is 2.94. The summed E-state index contributed by atoms with van der Waals surface area (Å²) in [6, 6.07) is 1.65. The molecule has 0 aromatic heterocycles. The van der Waals surface area contributed by atoms with Crippen LogP contribution in [0.25, 0.3) is 0 Å². The highest BCUT2D eigenvalue weighted by molar-refractivity contribution is 5.68. The first-order chi connectivity index (χ1) is 7.49. The van der Waals surface area contributed by atoms with E-state index in [2.05, 4.69) is 0 Å². The van der Waals surface area contributed by atoms with Crippen molar-refractivity contribution in [2.45, 2.75) is 32.8 Å². The maximum Gasteiger partial charge on any atom is 0.307 e. The summed E-state index contributed by atoms with van der Waals surface area (Å²) in [5.74, 6) is 0.120. The van der Waals surface area contributed by atoms with E-state index in [-0.39, 0.29) is 18.3 Å². The molecule has 2 N–H and O–H groups in total. The maximum atomic E-state index is 10.6. The number of carbonyl (C=O) groups is 1. The molecule has 0 amide bonds. The Hall–Kier alpha value is -1.71. The van der Waals surface area contributed by atoms with Crippen molar-refractivity contribution in [3.63, 3.8) is 0 Å². The quantitative estimate of drug-likeness (QED) is 0.800. The number of rotatable bonds is 2. The van der Waals surface area contributed by atoms with E-state index < -0.39 is 5.97 Å². The molecular formula is C12H14O4. The number of aryl methyl sites for hydroxylation is 1. The molecule has 1 aromatic carbocycles. The molecule has 16 heavy (non-hydrogen) atoms. The van der Waals surface area contributed by atoms with Crippen molar-refractivity contribution >= 4 is 5.97 Å². The van der Waals surface area contributed by atoms with Crippen molar-refractivity contribution in [1.29, 1.82) is 0 Å². The van der Waals surface area contributed by atoms with Gasteiger partial charge in [0.15, 0.2) is 0 Å². The van der Waals surface area contributed by atoms with E-state index in [9.17, 15) is 9.90 Å². The van der Waals surface area contributed by atoms with Crippen LogP contribution in [0, 0.1) is 13.8 Å². The van der Waals surface area contributed by atoms with Gasteiger partial charge in [0.05, 0.1) is 6.42 Å². The molecule has 86 valence electrons. The molecule has 1 aromatic rings. The molecule has 0 saturated carbocycles. The number of hydrogen-bond donors (Lipinski definition) is 2. The van der Waals surface area contributed by atoms with Crippen molar-refractivity contribution < 1.29 is 19.7 Å². The summed E-state index contributed by atoms with van der Waals surface area (Å²) < 4.78 is 5.59. The van der Waals surface area contributed by atoms with Crippen LogP contribution < -0.4 is 4.74 Å². The number of hydrogen-bond acceptors (Lipinski definition) is 3. The fraction of sp³-hybridized carbons (Fsp3) is 0.417. The number of carboxylic acid groups (broad SMARTS) is 1. The maximum absolute atomic E-state index is 10.6. The summed E-state index contributed by atoms with van der Waals surface area (Å²) in [6.07, 6.45) is 0.239. The highest BCUT2D eigenvalue weighted by Crippen LogP contribution is 2.39. The minimum Gasteiger partial charge on any atom is -0.508 e. The van der Waals surface area contributed by atoms with E-state index in [1.807, 2.05) is 13.8 Å². The van der Waals surface area contributed by atoms with E-state index in [0.29, 0.717) is 6.42 Å². The van der Waals surface area contributed by atoms with E-state index in [1.54, 1.807) is 6.07 Å². The third-order valence-corrected chi connectivity index (χ3v) is 2.94. The van der Waals surface area contributed by atoms with Gasteiger partial charge in [0.1, 0.15) is 17.6 Å². The van der Waals surface area contributed by atoms with Crippen LogP contribution in [0.1, 0.15) is 23.1 Å². The van der Waals surface area contributed by atoms with E-state index >= 15 is 0 Å². The molecule has 1 aliphatic rings. The fourth-order valence-corrected chi connectivity index (χ4v) is 2.10. The number of phenolic OH excluding ortho intramolecular Hbond substituents is 1. The Bertz CT molecular complexity index is 451. The van der Waals surface area contributed by atoms with Crippen LogP contribution >= 0.6 is 0 Å². The van der Waals surface area contributed by atoms with Crippen LogP contribution in [0.3, 0.4) is 0 Å². The third kappa shape index (κ3) is 1.71. The number of benzene rings is 1. The van der Waals surface area contributed by atoms with Gasteiger partial charge in [-0.3, -0.25) is 4.79 Å². The fourth-order valence-electron chi connectivity index (χ4n) is 2.10. The molecule has 1 atom stereocenters. The molecular weight excluding hydrogens is 208 g/mol. The van der Waals surface area contributed by atoms with Gasteiger partial charge in [0, 0.05) is 12.0 Å². The average molecular weight is 222 g/mol. The normalized spacial score (nSPS) is 18.0. The highest BCUT2D eigenvalue weighted by Gasteiger charge is 2.28. The standard InChI is InChI=1S/C12H14O4/c1-6-3-10(13)7(2)9-4-8(5-11(14)15)16-12(6)9/h3,8,13H,4-5H2,1-2H3,(H,14,15). The van der Waals surface area contributed by atoms with E-state index in [1.165, 1.54) is 0 Å². The topological polar surface area (TPSA) is 66.8 Å². The first-order valence-corrected chi connectivity index (χ1v) is 5.19. The molecule has 1 heterocycles. The molecule has 0 aliphatic carbocycles. The van der Waals surface area contributed by atoms with Crippen molar-refractivity contribution in [3.05, 3.63) is 22.8 Å². The zero-order chi connectivity index (χ0) is 11.9. The Balaban J connectivity index is 2.33. The zero-order valence-electron chi connectivity index (χ0n) is 9.28. The van der Waals surface area contributed by atoms with Gasteiger partial charge in [0.25, 0.3) is 0 Å². The summed E-state index contributed by atoms with van der Waals surface area (Å²) in [6.45, 7) is 3.67. The minimum atomic E-state index is -0.864. The Labute approximate surface area is 93.5 Å². The van der Waals surface area contributed by atoms with Crippen molar-refractivity contribution in [3.8, 4) is 11.5 Å². The minimum absolute atomic E-state index is 0.00563. The first kappa shape index (κ1) is 10.8. The van der Waals surface area contributed by atoms with Gasteiger partial charge in [-0.15, -0.1) is 0 Å². The van der Waals surface area contributed by atoms with Crippen molar-refractivity contribution in [1.82, 2.24) is 0 Å². The SMILES string of the molecule is Cc1cc(O)c(C)c2c1OC(CC(=O)O)C2. The summed E-state index contributed by atoms with van der Waals surface area (Å²) in [5.41, 5.74) is 2.57. The van der Waals surface area contributed by atoms with Gasteiger partial charge >= 0.3 is 5.97 Å². The van der Waals surface area contributed by atoms with Crippen LogP contribution in [-0.2, 0) is 11.2 Å². The average Bonchev–Trinajstić information content (AvgIpc) is 2.58. The number of carboxylic acids is 1. The zero-order valence-corrected chi connectivity index (χ0v) is 9.28. The lowest BCUT2D eigenvalue weighted by Crippen LogP contribution is -2.17. The summed E-state index contributed by atoms with van der Waals surface area (Å²) in [5, 5.41) is 18.4. The largest absolute Gasteiger partial charge is 0.508 e. The van der Waals surface area contributed by atoms with Gasteiger partial charge in [-0.1, -0.05) is 0 Å². The predicted octanol–water partition coefficient (Wildman–Crippen LogP) is 1.79. The van der Waals surface area contributed by atoms with Crippen molar-refractivity contribution in [2.24, 2.45) is 0 Å². The molecule has 4 nitrogen and oxygen atoms in total. The lowest BCUT2D eigenvalue weighted by molar-refractivity contribution is -0.138. The monoisotopic (exact) mass is 222 g/mol. The summed E-state index contributed by atoms with van der Waals surface area (Å²) in [4.78, 5) is 10.6. The van der Waals surface area contributed by atoms with Crippen LogP contribution in [-0.4, -0.2) is 22.3 Å². The van der Waals surface area contributed by atoms with E-state index in [4.69, 9.17) is 9.84 Å². The first-order valence-electron chi connectivity index (χ1n) is 5.19. The molecule has 0 fully saturated rings. The Morgan fingerprint density at radius 2 is 2.25 bits per heavy atom. The molecule has 4 heteroatoms. The second-order valence-electron chi connectivity index (χ2n) is 4.19. The number of aliphatic carboxylic acids is 1. The lowest BCUT2D eigenvalue weighted by atomic mass is 9.99. The van der Waals surface area contributed by atoms with E-state index in [0.717, 1.165) is 22.4 Å². The number of ether oxygens (including phenoxy) is 1. The molecule has 2 rings (SSSR count). The number of phenols is 1. The molecule has 0 radical (unpaired) electrons. The molecule has 0 spiro atoms. The van der Waals surface area contributed by atoms with Gasteiger partial charge in [0.2, 0.25) is 0 Å². The Morgan fingerprint density at radius 3 is 2.88 bits per heavy atom. The molecule has 1 aliphatic heterocycles. The lowest BCUT2D eigenvalue weighted by Gasteiger charge is -2.09. The van der Waals surface area contributed by atoms with Crippen LogP contribution in [0.15, 0.2) is 6.07 Å². The number of fused-ring (bicyclic) bond motifs is 1. The predicted molar refractivity (Wildman–Crippen MR) is 58.0 cm³/mol.